The second-order valence-corrected chi connectivity index (χ2v) is 5.44. The first-order valence-corrected chi connectivity index (χ1v) is 6.79. The van der Waals surface area contributed by atoms with Gasteiger partial charge < -0.3 is 10.0 Å². The second kappa shape index (κ2) is 5.00. The Bertz CT molecular complexity index is 658. The number of anilines is 1. The highest BCUT2D eigenvalue weighted by molar-refractivity contribution is 6.42. The zero-order chi connectivity index (χ0) is 14.3. The van der Waals surface area contributed by atoms with Gasteiger partial charge in [-0.3, -0.25) is 9.89 Å². The predicted molar refractivity (Wildman–Crippen MR) is 76.4 cm³/mol. The third-order valence-corrected chi connectivity index (χ3v) is 4.26. The minimum atomic E-state index is -0.191. The molecule has 0 bridgehead atoms. The molecule has 0 aliphatic carbocycles. The molecule has 2 aromatic rings. The molecule has 1 aliphatic heterocycles. The average molecular weight is 312 g/mol. The second-order valence-electron chi connectivity index (χ2n) is 4.66. The summed E-state index contributed by atoms with van der Waals surface area (Å²) in [6, 6.07) is 3.03. The molecule has 5 nitrogen and oxygen atoms in total. The van der Waals surface area contributed by atoms with Crippen LogP contribution in [0.1, 0.15) is 17.9 Å². The maximum atomic E-state index is 12.1. The van der Waals surface area contributed by atoms with Gasteiger partial charge in [0.2, 0.25) is 5.91 Å². The van der Waals surface area contributed by atoms with E-state index in [1.807, 2.05) is 0 Å². The van der Waals surface area contributed by atoms with Crippen LogP contribution in [-0.2, 0) is 4.79 Å². The van der Waals surface area contributed by atoms with Gasteiger partial charge in [0.15, 0.2) is 0 Å². The van der Waals surface area contributed by atoms with Gasteiger partial charge in [0.25, 0.3) is 0 Å². The number of H-pyrrole nitrogens is 1. The van der Waals surface area contributed by atoms with Crippen molar-refractivity contribution < 1.29 is 9.90 Å². The molecule has 2 heterocycles. The highest BCUT2D eigenvalue weighted by Crippen LogP contribution is 2.42. The van der Waals surface area contributed by atoms with Gasteiger partial charge in [-0.2, -0.15) is 5.10 Å². The summed E-state index contributed by atoms with van der Waals surface area (Å²) >= 11 is 12.1. The summed E-state index contributed by atoms with van der Waals surface area (Å²) in [4.78, 5) is 13.7. The Balaban J connectivity index is 1.94. The monoisotopic (exact) mass is 311 g/mol. The Morgan fingerprint density at radius 2 is 2.20 bits per heavy atom. The number of nitrogens with one attached hydrogen (secondary N) is 1. The van der Waals surface area contributed by atoms with Gasteiger partial charge >= 0.3 is 0 Å². The van der Waals surface area contributed by atoms with Crippen LogP contribution in [0.15, 0.2) is 24.5 Å². The van der Waals surface area contributed by atoms with Gasteiger partial charge in [-0.1, -0.05) is 23.2 Å². The van der Waals surface area contributed by atoms with Crippen molar-refractivity contribution in [3.63, 3.8) is 0 Å². The topological polar surface area (TPSA) is 69.2 Å². The lowest BCUT2D eigenvalue weighted by molar-refractivity contribution is -0.117. The van der Waals surface area contributed by atoms with Crippen molar-refractivity contribution in [3.8, 4) is 5.75 Å². The molecule has 3 rings (SSSR count). The first kappa shape index (κ1) is 13.3. The SMILES string of the molecule is O=C1C[C@@H](c2c(O)ccc(Cl)c2Cl)CN1c1cn[nH]c1. The molecule has 1 aromatic heterocycles. The molecular formula is C13H11Cl2N3O2. The molecule has 7 heteroatoms. The fourth-order valence-corrected chi connectivity index (χ4v) is 2.97. The summed E-state index contributed by atoms with van der Waals surface area (Å²) in [7, 11) is 0. The Hall–Kier alpha value is -1.72. The van der Waals surface area contributed by atoms with Crippen molar-refractivity contribution in [3.05, 3.63) is 40.1 Å². The average Bonchev–Trinajstić information content (AvgIpc) is 3.04. The molecule has 1 aliphatic rings. The molecule has 1 atom stereocenters. The van der Waals surface area contributed by atoms with Crippen molar-refractivity contribution in [2.45, 2.75) is 12.3 Å². The Morgan fingerprint density at radius 3 is 2.90 bits per heavy atom. The molecule has 1 saturated heterocycles. The van der Waals surface area contributed by atoms with E-state index in [9.17, 15) is 9.90 Å². The van der Waals surface area contributed by atoms with Gasteiger partial charge in [0, 0.05) is 30.6 Å². The first-order valence-electron chi connectivity index (χ1n) is 6.04. The zero-order valence-corrected chi connectivity index (χ0v) is 11.8. The summed E-state index contributed by atoms with van der Waals surface area (Å²) < 4.78 is 0. The molecule has 1 amide bonds. The number of hydrogen-bond donors (Lipinski definition) is 2. The largest absolute Gasteiger partial charge is 0.508 e. The molecule has 0 spiro atoms. The minimum Gasteiger partial charge on any atom is -0.508 e. The van der Waals surface area contributed by atoms with Crippen LogP contribution < -0.4 is 4.90 Å². The highest BCUT2D eigenvalue weighted by Gasteiger charge is 2.35. The van der Waals surface area contributed by atoms with E-state index < -0.39 is 0 Å². The fourth-order valence-electron chi connectivity index (χ4n) is 2.49. The lowest BCUT2D eigenvalue weighted by Crippen LogP contribution is -2.23. The quantitative estimate of drug-likeness (QED) is 0.896. The predicted octanol–water partition coefficient (Wildman–Crippen LogP) is 2.94. The van der Waals surface area contributed by atoms with Gasteiger partial charge in [-0.15, -0.1) is 0 Å². The van der Waals surface area contributed by atoms with E-state index in [1.165, 1.54) is 12.1 Å². The number of aromatic amines is 1. The van der Waals surface area contributed by atoms with Crippen molar-refractivity contribution in [1.82, 2.24) is 10.2 Å². The third kappa shape index (κ3) is 2.13. The van der Waals surface area contributed by atoms with Crippen LogP contribution in [0.25, 0.3) is 0 Å². The molecular weight excluding hydrogens is 301 g/mol. The molecule has 1 aromatic carbocycles. The number of phenolic OH excluding ortho intramolecular Hbond substituents is 1. The van der Waals surface area contributed by atoms with E-state index in [0.717, 1.165) is 0 Å². The van der Waals surface area contributed by atoms with Crippen molar-refractivity contribution in [2.75, 3.05) is 11.4 Å². The minimum absolute atomic E-state index is 0.0353. The van der Waals surface area contributed by atoms with Gasteiger partial charge in [0.05, 0.1) is 21.9 Å². The van der Waals surface area contributed by atoms with Gasteiger partial charge in [-0.25, -0.2) is 0 Å². The first-order chi connectivity index (χ1) is 9.58. The summed E-state index contributed by atoms with van der Waals surface area (Å²) in [5.41, 5.74) is 1.23. The number of benzene rings is 1. The number of amides is 1. The Kier molecular flexibility index (Phi) is 3.31. The summed E-state index contributed by atoms with van der Waals surface area (Å²) in [5, 5.41) is 17.2. The molecule has 20 heavy (non-hydrogen) atoms. The number of hydrogen-bond acceptors (Lipinski definition) is 3. The number of phenols is 1. The smallest absolute Gasteiger partial charge is 0.227 e. The molecule has 104 valence electrons. The highest BCUT2D eigenvalue weighted by atomic mass is 35.5. The van der Waals surface area contributed by atoms with Crippen LogP contribution >= 0.6 is 23.2 Å². The van der Waals surface area contributed by atoms with Crippen LogP contribution in [0.3, 0.4) is 0 Å². The van der Waals surface area contributed by atoms with Crippen LogP contribution in [0.4, 0.5) is 5.69 Å². The van der Waals surface area contributed by atoms with E-state index in [4.69, 9.17) is 23.2 Å². The lowest BCUT2D eigenvalue weighted by atomic mass is 9.97. The number of aromatic nitrogens is 2. The molecule has 1 fully saturated rings. The van der Waals surface area contributed by atoms with Crippen molar-refractivity contribution >= 4 is 34.8 Å². The molecule has 0 unspecified atom stereocenters. The van der Waals surface area contributed by atoms with Crippen LogP contribution in [0.5, 0.6) is 5.75 Å². The van der Waals surface area contributed by atoms with E-state index in [0.29, 0.717) is 27.8 Å². The van der Waals surface area contributed by atoms with Crippen LogP contribution in [0, 0.1) is 0 Å². The van der Waals surface area contributed by atoms with Crippen LogP contribution in [0.2, 0.25) is 10.0 Å². The number of aromatic hydroxyl groups is 1. The standard InChI is InChI=1S/C13H11Cl2N3O2/c14-9-1-2-10(19)12(13(9)15)7-3-11(20)18(6-7)8-4-16-17-5-8/h1-2,4-5,7,19H,3,6H2,(H,16,17)/t7-/m1/s1. The summed E-state index contributed by atoms with van der Waals surface area (Å²) in [6.07, 6.45) is 3.51. The molecule has 0 radical (unpaired) electrons. The van der Waals surface area contributed by atoms with E-state index in [1.54, 1.807) is 17.3 Å². The lowest BCUT2D eigenvalue weighted by Gasteiger charge is -2.16. The summed E-state index contributed by atoms with van der Waals surface area (Å²) in [6.45, 7) is 0.436. The van der Waals surface area contributed by atoms with E-state index >= 15 is 0 Å². The van der Waals surface area contributed by atoms with E-state index in [2.05, 4.69) is 10.2 Å². The fraction of sp³-hybridized carbons (Fsp3) is 0.231. The number of carbonyl (C=O) groups excluding carboxylic acids is 1. The Labute approximate surface area is 125 Å². The number of halogens is 2. The van der Waals surface area contributed by atoms with Crippen LogP contribution in [-0.4, -0.2) is 27.8 Å². The van der Waals surface area contributed by atoms with Gasteiger partial charge in [0.1, 0.15) is 5.75 Å². The Morgan fingerprint density at radius 1 is 1.40 bits per heavy atom. The maximum Gasteiger partial charge on any atom is 0.227 e. The number of carbonyl (C=O) groups is 1. The normalized spacial score (nSPS) is 18.8. The third-order valence-electron chi connectivity index (χ3n) is 3.44. The number of nitrogens with zero attached hydrogens (tertiary/aromatic N) is 2. The number of rotatable bonds is 2. The van der Waals surface area contributed by atoms with Crippen molar-refractivity contribution in [2.24, 2.45) is 0 Å². The maximum absolute atomic E-state index is 12.1. The zero-order valence-electron chi connectivity index (χ0n) is 10.3. The van der Waals surface area contributed by atoms with E-state index in [-0.39, 0.29) is 24.0 Å². The van der Waals surface area contributed by atoms with Crippen molar-refractivity contribution in [1.29, 1.82) is 0 Å². The molecule has 2 N–H and O–H groups in total. The summed E-state index contributed by atoms with van der Waals surface area (Å²) in [5.74, 6) is -0.165. The van der Waals surface area contributed by atoms with Gasteiger partial charge in [-0.05, 0) is 12.1 Å². The molecule has 0 saturated carbocycles.